The van der Waals surface area contributed by atoms with Gasteiger partial charge < -0.3 is 5.32 Å². The second kappa shape index (κ2) is 3.59. The Morgan fingerprint density at radius 3 is 2.40 bits per heavy atom. The minimum absolute atomic E-state index is 0.193. The summed E-state index contributed by atoms with van der Waals surface area (Å²) in [5, 5.41) is 2.69. The van der Waals surface area contributed by atoms with E-state index in [0.29, 0.717) is 6.54 Å². The Bertz CT molecular complexity index is 118. The van der Waals surface area contributed by atoms with Crippen molar-refractivity contribution >= 4 is 5.91 Å². The molecular weight excluding hydrogens is 126 g/mol. The van der Waals surface area contributed by atoms with Gasteiger partial charge in [0.25, 0.3) is 0 Å². The van der Waals surface area contributed by atoms with Gasteiger partial charge in [-0.05, 0) is 11.8 Å². The van der Waals surface area contributed by atoms with Gasteiger partial charge in [-0.3, -0.25) is 4.79 Å². The third kappa shape index (κ3) is 4.36. The van der Waals surface area contributed by atoms with Crippen LogP contribution < -0.4 is 5.32 Å². The molecule has 1 amide bonds. The first-order valence-corrected chi connectivity index (χ1v) is 3.58. The molecule has 0 aliphatic rings. The summed E-state index contributed by atoms with van der Waals surface area (Å²) in [4.78, 5) is 10.4. The van der Waals surface area contributed by atoms with Gasteiger partial charge in [0, 0.05) is 13.5 Å². The summed E-state index contributed by atoms with van der Waals surface area (Å²) in [6, 6.07) is 0. The molecule has 1 radical (unpaired) electrons. The highest BCUT2D eigenvalue weighted by Crippen LogP contribution is 2.17. The number of nitrogens with one attached hydrogen (secondary N) is 1. The van der Waals surface area contributed by atoms with E-state index in [2.05, 4.69) is 33.0 Å². The topological polar surface area (TPSA) is 29.1 Å². The molecule has 0 aromatic heterocycles. The molecule has 0 atom stereocenters. The molecule has 59 valence electrons. The standard InChI is InChI=1S/C8H16NO/c1-5-8(3,4)6-9-7(2)10/h2,5-6H2,1,3-4H3,(H,9,10). The van der Waals surface area contributed by atoms with E-state index in [9.17, 15) is 4.79 Å². The van der Waals surface area contributed by atoms with Crippen LogP contribution in [-0.2, 0) is 4.79 Å². The smallest absolute Gasteiger partial charge is 0.220 e. The highest BCUT2D eigenvalue weighted by atomic mass is 16.1. The minimum Gasteiger partial charge on any atom is -0.356 e. The van der Waals surface area contributed by atoms with Crippen LogP contribution in [0.4, 0.5) is 0 Å². The molecule has 0 spiro atoms. The Morgan fingerprint density at radius 2 is 2.10 bits per heavy atom. The average Bonchev–Trinajstić information content (AvgIpc) is 1.85. The maximum absolute atomic E-state index is 10.4. The normalized spacial score (nSPS) is 11.2. The van der Waals surface area contributed by atoms with E-state index in [1.807, 2.05) is 0 Å². The number of hydrogen-bond donors (Lipinski definition) is 1. The van der Waals surface area contributed by atoms with Crippen LogP contribution in [0.5, 0.6) is 0 Å². The minimum atomic E-state index is -0.193. The van der Waals surface area contributed by atoms with E-state index >= 15 is 0 Å². The lowest BCUT2D eigenvalue weighted by molar-refractivity contribution is -0.117. The average molecular weight is 142 g/mol. The van der Waals surface area contributed by atoms with Crippen LogP contribution in [0.25, 0.3) is 0 Å². The van der Waals surface area contributed by atoms with Gasteiger partial charge in [0.2, 0.25) is 5.91 Å². The van der Waals surface area contributed by atoms with Crippen molar-refractivity contribution in [1.29, 1.82) is 0 Å². The zero-order chi connectivity index (χ0) is 8.20. The van der Waals surface area contributed by atoms with Crippen LogP contribution in [0.3, 0.4) is 0 Å². The quantitative estimate of drug-likeness (QED) is 0.633. The summed E-state index contributed by atoms with van der Waals surface area (Å²) in [6.07, 6.45) is 1.06. The van der Waals surface area contributed by atoms with Crippen molar-refractivity contribution < 1.29 is 4.79 Å². The number of carbonyl (C=O) groups is 1. The van der Waals surface area contributed by atoms with Crippen LogP contribution in [-0.4, -0.2) is 12.5 Å². The number of amides is 1. The summed E-state index contributed by atoms with van der Waals surface area (Å²) in [6.45, 7) is 10.3. The number of hydrogen-bond acceptors (Lipinski definition) is 1. The predicted molar refractivity (Wildman–Crippen MR) is 42.4 cm³/mol. The highest BCUT2D eigenvalue weighted by molar-refractivity contribution is 5.79. The molecule has 0 fully saturated rings. The van der Waals surface area contributed by atoms with Crippen molar-refractivity contribution in [3.63, 3.8) is 0 Å². The molecule has 0 heterocycles. The maximum Gasteiger partial charge on any atom is 0.220 e. The molecule has 0 saturated heterocycles. The Kier molecular flexibility index (Phi) is 3.40. The number of rotatable bonds is 3. The Balaban J connectivity index is 3.56. The van der Waals surface area contributed by atoms with E-state index in [1.165, 1.54) is 0 Å². The Labute approximate surface area is 63.0 Å². The van der Waals surface area contributed by atoms with Crippen LogP contribution in [0, 0.1) is 12.3 Å². The highest BCUT2D eigenvalue weighted by Gasteiger charge is 2.14. The van der Waals surface area contributed by atoms with Gasteiger partial charge in [-0.2, -0.15) is 0 Å². The fourth-order valence-corrected chi connectivity index (χ4v) is 0.463. The van der Waals surface area contributed by atoms with E-state index in [1.54, 1.807) is 0 Å². The van der Waals surface area contributed by atoms with Crippen molar-refractivity contribution in [1.82, 2.24) is 5.32 Å². The molecule has 2 heteroatoms. The van der Waals surface area contributed by atoms with Gasteiger partial charge in [-0.15, -0.1) is 0 Å². The van der Waals surface area contributed by atoms with Crippen molar-refractivity contribution in [2.24, 2.45) is 5.41 Å². The van der Waals surface area contributed by atoms with Crippen LogP contribution in [0.15, 0.2) is 0 Å². The molecule has 0 aliphatic carbocycles. The number of carbonyl (C=O) groups excluding carboxylic acids is 1. The molecule has 0 aromatic rings. The molecule has 0 unspecified atom stereocenters. The van der Waals surface area contributed by atoms with Gasteiger partial charge in [0.1, 0.15) is 0 Å². The lowest BCUT2D eigenvalue weighted by Gasteiger charge is -2.22. The Morgan fingerprint density at radius 1 is 1.60 bits per heavy atom. The molecular formula is C8H16NO. The van der Waals surface area contributed by atoms with Crippen molar-refractivity contribution in [2.75, 3.05) is 6.54 Å². The fourth-order valence-electron chi connectivity index (χ4n) is 0.463. The molecule has 0 saturated carbocycles. The first kappa shape index (κ1) is 9.47. The van der Waals surface area contributed by atoms with Crippen molar-refractivity contribution in [3.8, 4) is 0 Å². The van der Waals surface area contributed by atoms with Crippen LogP contribution in [0.1, 0.15) is 27.2 Å². The zero-order valence-electron chi connectivity index (χ0n) is 7.03. The largest absolute Gasteiger partial charge is 0.356 e. The molecule has 0 aromatic carbocycles. The summed E-state index contributed by atoms with van der Waals surface area (Å²) >= 11 is 0. The lowest BCUT2D eigenvalue weighted by atomic mass is 9.90. The van der Waals surface area contributed by atoms with Crippen LogP contribution >= 0.6 is 0 Å². The molecule has 0 aliphatic heterocycles. The van der Waals surface area contributed by atoms with Gasteiger partial charge in [-0.25, -0.2) is 0 Å². The molecule has 10 heavy (non-hydrogen) atoms. The van der Waals surface area contributed by atoms with Crippen molar-refractivity contribution in [2.45, 2.75) is 27.2 Å². The van der Waals surface area contributed by atoms with E-state index < -0.39 is 0 Å². The predicted octanol–water partition coefficient (Wildman–Crippen LogP) is 1.37. The Hall–Kier alpha value is -0.530. The fraction of sp³-hybridized carbons (Fsp3) is 0.750. The van der Waals surface area contributed by atoms with E-state index in [-0.39, 0.29) is 11.3 Å². The molecule has 1 N–H and O–H groups in total. The van der Waals surface area contributed by atoms with E-state index in [0.717, 1.165) is 6.42 Å². The maximum atomic E-state index is 10.4. The molecule has 2 nitrogen and oxygen atoms in total. The summed E-state index contributed by atoms with van der Waals surface area (Å²) < 4.78 is 0. The SMILES string of the molecule is [CH2]C(=O)NCC(C)(C)CC. The third-order valence-corrected chi connectivity index (χ3v) is 1.72. The van der Waals surface area contributed by atoms with Gasteiger partial charge >= 0.3 is 0 Å². The van der Waals surface area contributed by atoms with Crippen LogP contribution in [0.2, 0.25) is 0 Å². The van der Waals surface area contributed by atoms with Gasteiger partial charge in [-0.1, -0.05) is 20.8 Å². The summed E-state index contributed by atoms with van der Waals surface area (Å²) in [5.41, 5.74) is 0.202. The second-order valence-corrected chi connectivity index (χ2v) is 3.29. The monoisotopic (exact) mass is 142 g/mol. The lowest BCUT2D eigenvalue weighted by Crippen LogP contribution is -2.31. The van der Waals surface area contributed by atoms with Gasteiger partial charge in [0.05, 0.1) is 0 Å². The first-order chi connectivity index (χ1) is 4.48. The zero-order valence-corrected chi connectivity index (χ0v) is 7.03. The van der Waals surface area contributed by atoms with E-state index in [4.69, 9.17) is 0 Å². The third-order valence-electron chi connectivity index (χ3n) is 1.72. The second-order valence-electron chi connectivity index (χ2n) is 3.29. The molecule has 0 rings (SSSR count). The molecule has 0 bridgehead atoms. The summed E-state index contributed by atoms with van der Waals surface area (Å²) in [5.74, 6) is -0.193. The van der Waals surface area contributed by atoms with Gasteiger partial charge in [0.15, 0.2) is 0 Å². The van der Waals surface area contributed by atoms with Crippen molar-refractivity contribution in [3.05, 3.63) is 6.92 Å². The first-order valence-electron chi connectivity index (χ1n) is 3.58. The summed E-state index contributed by atoms with van der Waals surface area (Å²) in [7, 11) is 0.